The lowest BCUT2D eigenvalue weighted by atomic mass is 10.1. The van der Waals surface area contributed by atoms with E-state index >= 15 is 0 Å². The van der Waals surface area contributed by atoms with Gasteiger partial charge in [0, 0.05) is 5.56 Å². The van der Waals surface area contributed by atoms with Gasteiger partial charge in [0.1, 0.15) is 0 Å². The Morgan fingerprint density at radius 2 is 1.75 bits per heavy atom. The Balaban J connectivity index is 2.51. The van der Waals surface area contributed by atoms with E-state index in [9.17, 15) is 0 Å². The van der Waals surface area contributed by atoms with Crippen LogP contribution in [0.3, 0.4) is 0 Å². The molecule has 0 atom stereocenters. The van der Waals surface area contributed by atoms with Crippen molar-refractivity contribution in [1.82, 2.24) is 0 Å². The molecule has 1 heterocycles. The van der Waals surface area contributed by atoms with Crippen LogP contribution >= 0.6 is 15.9 Å². The molecule has 1 nitrogen and oxygen atoms in total. The Kier molecular flexibility index (Phi) is 2.00. The highest BCUT2D eigenvalue weighted by molar-refractivity contribution is 9.10. The summed E-state index contributed by atoms with van der Waals surface area (Å²) in [7, 11) is 0. The first-order valence-electron chi connectivity index (χ1n) is 3.66. The van der Waals surface area contributed by atoms with Crippen molar-refractivity contribution in [1.29, 1.82) is 0 Å². The fourth-order valence-corrected chi connectivity index (χ4v) is 1.59. The highest BCUT2D eigenvalue weighted by atomic mass is 79.9. The van der Waals surface area contributed by atoms with Crippen LogP contribution in [0.25, 0.3) is 11.1 Å². The Bertz CT molecular complexity index is 364. The molecule has 0 amide bonds. The molecule has 0 aliphatic heterocycles. The molecule has 0 bridgehead atoms. The van der Waals surface area contributed by atoms with Crippen molar-refractivity contribution in [3.63, 3.8) is 0 Å². The Hall–Kier alpha value is -1.02. The minimum absolute atomic E-state index is 0.786. The van der Waals surface area contributed by atoms with Crippen molar-refractivity contribution in [2.75, 3.05) is 0 Å². The third kappa shape index (κ3) is 1.30. The summed E-state index contributed by atoms with van der Waals surface area (Å²) in [4.78, 5) is 0. The summed E-state index contributed by atoms with van der Waals surface area (Å²) in [5, 5.41) is 0. The van der Waals surface area contributed by atoms with E-state index < -0.39 is 0 Å². The van der Waals surface area contributed by atoms with E-state index in [2.05, 4.69) is 28.1 Å². The zero-order chi connectivity index (χ0) is 8.39. The maximum Gasteiger partial charge on any atom is 0.176 e. The summed E-state index contributed by atoms with van der Waals surface area (Å²) in [6.07, 6.45) is 1.67. The molecule has 0 radical (unpaired) electrons. The van der Waals surface area contributed by atoms with E-state index in [4.69, 9.17) is 4.42 Å². The molecule has 2 aromatic rings. The monoisotopic (exact) mass is 222 g/mol. The number of halogens is 1. The quantitative estimate of drug-likeness (QED) is 0.718. The lowest BCUT2D eigenvalue weighted by molar-refractivity contribution is 0.542. The third-order valence-corrected chi connectivity index (χ3v) is 2.32. The average Bonchev–Trinajstić information content (AvgIpc) is 2.53. The molecule has 0 N–H and O–H groups in total. The molecule has 12 heavy (non-hydrogen) atoms. The number of furan rings is 1. The Labute approximate surface area is 79.2 Å². The van der Waals surface area contributed by atoms with E-state index in [-0.39, 0.29) is 0 Å². The second-order valence-corrected chi connectivity index (χ2v) is 3.19. The van der Waals surface area contributed by atoms with E-state index in [0.29, 0.717) is 0 Å². The van der Waals surface area contributed by atoms with Gasteiger partial charge in [-0.3, -0.25) is 0 Å². The van der Waals surface area contributed by atoms with Crippen LogP contribution in [-0.2, 0) is 0 Å². The largest absolute Gasteiger partial charge is 0.457 e. The molecular weight excluding hydrogens is 216 g/mol. The molecule has 0 spiro atoms. The lowest BCUT2D eigenvalue weighted by Crippen LogP contribution is -1.71. The molecule has 0 fully saturated rings. The minimum atomic E-state index is 0.786. The van der Waals surface area contributed by atoms with Crippen molar-refractivity contribution in [3.8, 4) is 11.1 Å². The van der Waals surface area contributed by atoms with Crippen LogP contribution in [0.5, 0.6) is 0 Å². The zero-order valence-electron chi connectivity index (χ0n) is 6.33. The maximum atomic E-state index is 5.14. The summed E-state index contributed by atoms with van der Waals surface area (Å²) >= 11 is 3.34. The number of hydrogen-bond acceptors (Lipinski definition) is 1. The molecule has 0 saturated heterocycles. The first kappa shape index (κ1) is 7.62. The van der Waals surface area contributed by atoms with Crippen molar-refractivity contribution in [2.45, 2.75) is 0 Å². The highest BCUT2D eigenvalue weighted by Gasteiger charge is 2.03. The Morgan fingerprint density at radius 1 is 1.00 bits per heavy atom. The van der Waals surface area contributed by atoms with E-state index in [1.807, 2.05) is 24.3 Å². The smallest absolute Gasteiger partial charge is 0.176 e. The van der Waals surface area contributed by atoms with Gasteiger partial charge < -0.3 is 4.42 Å². The summed E-state index contributed by atoms with van der Waals surface area (Å²) in [6.45, 7) is 0. The molecule has 0 aliphatic rings. The van der Waals surface area contributed by atoms with Crippen LogP contribution in [0.2, 0.25) is 0 Å². The van der Waals surface area contributed by atoms with E-state index in [0.717, 1.165) is 15.8 Å². The summed E-state index contributed by atoms with van der Waals surface area (Å²) in [5.41, 5.74) is 2.26. The maximum absolute atomic E-state index is 5.14. The van der Waals surface area contributed by atoms with Crippen LogP contribution in [0, 0.1) is 0 Å². The van der Waals surface area contributed by atoms with E-state index in [1.54, 1.807) is 6.26 Å². The topological polar surface area (TPSA) is 13.1 Å². The molecule has 2 heteroatoms. The minimum Gasteiger partial charge on any atom is -0.457 e. The third-order valence-electron chi connectivity index (χ3n) is 1.70. The molecule has 0 unspecified atom stereocenters. The van der Waals surface area contributed by atoms with Crippen molar-refractivity contribution in [2.24, 2.45) is 0 Å². The van der Waals surface area contributed by atoms with Crippen LogP contribution < -0.4 is 0 Å². The van der Waals surface area contributed by atoms with E-state index in [1.165, 1.54) is 0 Å². The summed E-state index contributed by atoms with van der Waals surface area (Å²) in [6, 6.07) is 12.1. The van der Waals surface area contributed by atoms with Crippen molar-refractivity contribution in [3.05, 3.63) is 47.3 Å². The van der Waals surface area contributed by atoms with Gasteiger partial charge in [0.2, 0.25) is 0 Å². The zero-order valence-corrected chi connectivity index (χ0v) is 7.91. The standard InChI is InChI=1S/C10H7BrO/c11-10-9(6-7-12-10)8-4-2-1-3-5-8/h1-7H. The molecule has 1 aromatic heterocycles. The number of rotatable bonds is 1. The highest BCUT2D eigenvalue weighted by Crippen LogP contribution is 2.28. The van der Waals surface area contributed by atoms with Crippen LogP contribution in [0.15, 0.2) is 51.7 Å². The predicted molar refractivity (Wildman–Crippen MR) is 51.8 cm³/mol. The molecular formula is C10H7BrO. The van der Waals surface area contributed by atoms with Gasteiger partial charge in [0.15, 0.2) is 4.67 Å². The number of hydrogen-bond donors (Lipinski definition) is 0. The lowest BCUT2D eigenvalue weighted by Gasteiger charge is -1.95. The second-order valence-electron chi connectivity index (χ2n) is 2.47. The van der Waals surface area contributed by atoms with Crippen molar-refractivity contribution >= 4 is 15.9 Å². The van der Waals surface area contributed by atoms with Gasteiger partial charge in [-0.15, -0.1) is 0 Å². The van der Waals surface area contributed by atoms with Gasteiger partial charge in [-0.2, -0.15) is 0 Å². The van der Waals surface area contributed by atoms with Gasteiger partial charge in [0.25, 0.3) is 0 Å². The molecule has 0 saturated carbocycles. The van der Waals surface area contributed by atoms with Crippen molar-refractivity contribution < 1.29 is 4.42 Å². The van der Waals surface area contributed by atoms with Gasteiger partial charge in [0.05, 0.1) is 6.26 Å². The molecule has 1 aromatic carbocycles. The van der Waals surface area contributed by atoms with Gasteiger partial charge >= 0.3 is 0 Å². The van der Waals surface area contributed by atoms with Gasteiger partial charge in [-0.05, 0) is 27.6 Å². The fourth-order valence-electron chi connectivity index (χ4n) is 1.12. The molecule has 60 valence electrons. The van der Waals surface area contributed by atoms with Crippen LogP contribution in [0.1, 0.15) is 0 Å². The number of benzene rings is 1. The average molecular weight is 223 g/mol. The normalized spacial score (nSPS) is 10.1. The molecule has 2 rings (SSSR count). The molecule has 0 aliphatic carbocycles. The van der Waals surface area contributed by atoms with Crippen LogP contribution in [-0.4, -0.2) is 0 Å². The SMILES string of the molecule is Brc1occc1-c1ccccc1. The first-order valence-corrected chi connectivity index (χ1v) is 4.45. The summed E-state index contributed by atoms with van der Waals surface area (Å²) in [5.74, 6) is 0. The van der Waals surface area contributed by atoms with Crippen LogP contribution in [0.4, 0.5) is 0 Å². The Morgan fingerprint density at radius 3 is 2.33 bits per heavy atom. The first-order chi connectivity index (χ1) is 5.88. The van der Waals surface area contributed by atoms with Gasteiger partial charge in [-0.1, -0.05) is 30.3 Å². The summed E-state index contributed by atoms with van der Waals surface area (Å²) < 4.78 is 5.92. The second kappa shape index (κ2) is 3.15. The fraction of sp³-hybridized carbons (Fsp3) is 0. The predicted octanol–water partition coefficient (Wildman–Crippen LogP) is 3.71. The van der Waals surface area contributed by atoms with Gasteiger partial charge in [-0.25, -0.2) is 0 Å².